The smallest absolute Gasteiger partial charge is 0.175 e. The molecule has 5 heteroatoms. The molecule has 2 aromatic carbocycles. The number of rotatable bonds is 3. The fraction of sp³-hybridized carbons (Fsp3) is 0.133. The first-order valence-electron chi connectivity index (χ1n) is 6.07. The summed E-state index contributed by atoms with van der Waals surface area (Å²) in [5.41, 5.74) is 2.12. The lowest BCUT2D eigenvalue weighted by atomic mass is 10.2. The molecule has 0 atom stereocenters. The molecule has 0 aliphatic carbocycles. The molecule has 2 rings (SSSR count). The van der Waals surface area contributed by atoms with Crippen LogP contribution in [-0.4, -0.2) is 11.4 Å². The van der Waals surface area contributed by atoms with Gasteiger partial charge in [0, 0.05) is 21.8 Å². The van der Waals surface area contributed by atoms with Gasteiger partial charge in [0.15, 0.2) is 5.11 Å². The van der Waals surface area contributed by atoms with Gasteiger partial charge in [0.25, 0.3) is 0 Å². The third kappa shape index (κ3) is 3.71. The van der Waals surface area contributed by atoms with E-state index >= 15 is 0 Å². The van der Waals surface area contributed by atoms with Crippen molar-refractivity contribution in [1.29, 1.82) is 0 Å². The number of halogens is 1. The van der Waals surface area contributed by atoms with Crippen LogP contribution in [0.25, 0.3) is 0 Å². The van der Waals surface area contributed by atoms with Gasteiger partial charge in [-0.15, -0.1) is 11.8 Å². The van der Waals surface area contributed by atoms with Crippen molar-refractivity contribution in [2.75, 3.05) is 16.9 Å². The van der Waals surface area contributed by atoms with E-state index in [1.807, 2.05) is 30.5 Å². The van der Waals surface area contributed by atoms with E-state index in [9.17, 15) is 4.39 Å². The lowest BCUT2D eigenvalue weighted by molar-refractivity contribution is 0.619. The summed E-state index contributed by atoms with van der Waals surface area (Å²) in [6, 6.07) is 12.8. The third-order valence-electron chi connectivity index (χ3n) is 2.86. The van der Waals surface area contributed by atoms with Crippen LogP contribution in [0.4, 0.5) is 15.8 Å². The Balaban J connectivity index is 2.03. The number of benzene rings is 2. The normalized spacial score (nSPS) is 10.2. The zero-order valence-electron chi connectivity index (χ0n) is 11.2. The quantitative estimate of drug-likeness (QED) is 0.636. The fourth-order valence-corrected chi connectivity index (χ4v) is 2.34. The molecule has 20 heavy (non-hydrogen) atoms. The first-order chi connectivity index (χ1) is 9.60. The summed E-state index contributed by atoms with van der Waals surface area (Å²) < 4.78 is 13.4. The molecule has 0 saturated carbocycles. The van der Waals surface area contributed by atoms with Gasteiger partial charge in [0.2, 0.25) is 0 Å². The Morgan fingerprint density at radius 1 is 1.10 bits per heavy atom. The number of hydrogen-bond donors (Lipinski definition) is 2. The van der Waals surface area contributed by atoms with Crippen LogP contribution < -0.4 is 10.6 Å². The zero-order chi connectivity index (χ0) is 14.5. The van der Waals surface area contributed by atoms with Crippen molar-refractivity contribution in [1.82, 2.24) is 0 Å². The minimum atomic E-state index is -0.248. The molecular weight excluding hydrogens is 291 g/mol. The number of thiocarbonyl (C=S) groups is 1. The Bertz CT molecular complexity index is 612. The summed E-state index contributed by atoms with van der Waals surface area (Å²) in [6.07, 6.45) is 2.03. The van der Waals surface area contributed by atoms with Gasteiger partial charge in [-0.3, -0.25) is 0 Å². The standard InChI is InChI=1S/C15H15FN2S2/c1-10-13(16)4-3-5-14(10)18-15(19)17-11-6-8-12(20-2)9-7-11/h3-9H,1-2H3,(H2,17,18,19). The minimum absolute atomic E-state index is 0.248. The molecule has 0 fully saturated rings. The first-order valence-corrected chi connectivity index (χ1v) is 7.70. The highest BCUT2D eigenvalue weighted by Crippen LogP contribution is 2.19. The second-order valence-electron chi connectivity index (χ2n) is 4.22. The molecular formula is C15H15FN2S2. The van der Waals surface area contributed by atoms with Crippen molar-refractivity contribution in [3.05, 3.63) is 53.8 Å². The summed E-state index contributed by atoms with van der Waals surface area (Å²) in [6.45, 7) is 1.72. The molecule has 0 amide bonds. The van der Waals surface area contributed by atoms with Crippen LogP contribution in [0.3, 0.4) is 0 Å². The molecule has 2 nitrogen and oxygen atoms in total. The summed E-state index contributed by atoms with van der Waals surface area (Å²) in [7, 11) is 0. The Morgan fingerprint density at radius 2 is 1.80 bits per heavy atom. The van der Waals surface area contributed by atoms with Gasteiger partial charge in [-0.05, 0) is 61.8 Å². The van der Waals surface area contributed by atoms with Gasteiger partial charge in [0.1, 0.15) is 5.82 Å². The Kier molecular flexibility index (Phi) is 4.98. The zero-order valence-corrected chi connectivity index (χ0v) is 12.9. The average molecular weight is 306 g/mol. The van der Waals surface area contributed by atoms with Crippen LogP contribution >= 0.6 is 24.0 Å². The SMILES string of the molecule is CSc1ccc(NC(=S)Nc2cccc(F)c2C)cc1. The van der Waals surface area contributed by atoms with E-state index in [2.05, 4.69) is 10.6 Å². The highest BCUT2D eigenvalue weighted by atomic mass is 32.2. The third-order valence-corrected chi connectivity index (χ3v) is 3.81. The van der Waals surface area contributed by atoms with Gasteiger partial charge in [-0.2, -0.15) is 0 Å². The molecule has 0 bridgehead atoms. The lowest BCUT2D eigenvalue weighted by Gasteiger charge is -2.13. The van der Waals surface area contributed by atoms with Crippen LogP contribution in [0.1, 0.15) is 5.56 Å². The maximum absolute atomic E-state index is 13.4. The highest BCUT2D eigenvalue weighted by molar-refractivity contribution is 7.98. The summed E-state index contributed by atoms with van der Waals surface area (Å²) >= 11 is 6.92. The maximum Gasteiger partial charge on any atom is 0.175 e. The van der Waals surface area contributed by atoms with Crippen molar-refractivity contribution in [3.63, 3.8) is 0 Å². The van der Waals surface area contributed by atoms with Gasteiger partial charge in [-0.1, -0.05) is 6.07 Å². The van der Waals surface area contributed by atoms with Gasteiger partial charge >= 0.3 is 0 Å². The molecule has 2 N–H and O–H groups in total. The van der Waals surface area contributed by atoms with Crippen LogP contribution in [0.15, 0.2) is 47.4 Å². The number of nitrogens with one attached hydrogen (secondary N) is 2. The Hall–Kier alpha value is -1.59. The maximum atomic E-state index is 13.4. The number of thioether (sulfide) groups is 1. The average Bonchev–Trinajstić information content (AvgIpc) is 2.45. The molecule has 104 valence electrons. The number of hydrogen-bond acceptors (Lipinski definition) is 2. The van der Waals surface area contributed by atoms with Crippen LogP contribution in [0.5, 0.6) is 0 Å². The number of anilines is 2. The Labute approximate surface area is 127 Å². The molecule has 2 aromatic rings. The van der Waals surface area contributed by atoms with Gasteiger partial charge in [0.05, 0.1) is 0 Å². The summed E-state index contributed by atoms with van der Waals surface area (Å²) in [5, 5.41) is 6.52. The molecule has 0 saturated heterocycles. The molecule has 0 aromatic heterocycles. The first kappa shape index (κ1) is 14.8. The fourth-order valence-electron chi connectivity index (χ4n) is 1.70. The molecule has 0 aliphatic heterocycles. The monoisotopic (exact) mass is 306 g/mol. The second-order valence-corrected chi connectivity index (χ2v) is 5.51. The topological polar surface area (TPSA) is 24.1 Å². The van der Waals surface area contributed by atoms with E-state index < -0.39 is 0 Å². The molecule has 0 unspecified atom stereocenters. The van der Waals surface area contributed by atoms with E-state index in [-0.39, 0.29) is 5.82 Å². The Morgan fingerprint density at radius 3 is 2.45 bits per heavy atom. The van der Waals surface area contributed by atoms with E-state index in [0.29, 0.717) is 16.4 Å². The second kappa shape index (κ2) is 6.72. The predicted molar refractivity (Wildman–Crippen MR) is 89.2 cm³/mol. The van der Waals surface area contributed by atoms with E-state index in [1.165, 1.54) is 11.0 Å². The predicted octanol–water partition coefficient (Wildman–Crippen LogP) is 4.66. The summed E-state index contributed by atoms with van der Waals surface area (Å²) in [4.78, 5) is 1.19. The van der Waals surface area contributed by atoms with Crippen molar-refractivity contribution in [3.8, 4) is 0 Å². The molecule has 0 heterocycles. The lowest BCUT2D eigenvalue weighted by Crippen LogP contribution is -2.19. The minimum Gasteiger partial charge on any atom is -0.332 e. The van der Waals surface area contributed by atoms with Gasteiger partial charge < -0.3 is 10.6 Å². The summed E-state index contributed by atoms with van der Waals surface area (Å²) in [5.74, 6) is -0.248. The molecule has 0 spiro atoms. The highest BCUT2D eigenvalue weighted by Gasteiger charge is 2.05. The van der Waals surface area contributed by atoms with Crippen molar-refractivity contribution >= 4 is 40.5 Å². The van der Waals surface area contributed by atoms with Crippen molar-refractivity contribution < 1.29 is 4.39 Å². The van der Waals surface area contributed by atoms with Crippen LogP contribution in [0, 0.1) is 12.7 Å². The van der Waals surface area contributed by atoms with Crippen molar-refractivity contribution in [2.24, 2.45) is 0 Å². The molecule has 0 radical (unpaired) electrons. The van der Waals surface area contributed by atoms with Gasteiger partial charge in [-0.25, -0.2) is 4.39 Å². The van der Waals surface area contributed by atoms with Crippen LogP contribution in [-0.2, 0) is 0 Å². The largest absolute Gasteiger partial charge is 0.332 e. The van der Waals surface area contributed by atoms with Crippen LogP contribution in [0.2, 0.25) is 0 Å². The molecule has 0 aliphatic rings. The van der Waals surface area contributed by atoms with E-state index in [0.717, 1.165) is 5.69 Å². The van der Waals surface area contributed by atoms with E-state index in [1.54, 1.807) is 30.8 Å². The van der Waals surface area contributed by atoms with Crippen molar-refractivity contribution in [2.45, 2.75) is 11.8 Å². The van der Waals surface area contributed by atoms with E-state index in [4.69, 9.17) is 12.2 Å².